The lowest BCUT2D eigenvalue weighted by atomic mass is 9.73. The first-order valence-electron chi connectivity index (χ1n) is 5.18. The van der Waals surface area contributed by atoms with Crippen molar-refractivity contribution in [2.24, 2.45) is 10.8 Å². The third kappa shape index (κ3) is 2.64. The zero-order valence-electron chi connectivity index (χ0n) is 8.91. The Balaban J connectivity index is 2.84. The predicted octanol–water partition coefficient (Wildman–Crippen LogP) is 3.97. The lowest BCUT2D eigenvalue weighted by Crippen LogP contribution is -2.31. The molecule has 82 valence electrons. The molecule has 0 aromatic heterocycles. The van der Waals surface area contributed by atoms with Crippen LogP contribution in [0.4, 0.5) is 0 Å². The van der Waals surface area contributed by atoms with E-state index in [0.29, 0.717) is 5.88 Å². The molecule has 0 N–H and O–H groups in total. The minimum Gasteiger partial charge on any atom is -0.281 e. The topological polar surface area (TPSA) is 17.1 Å². The van der Waals surface area contributed by atoms with Gasteiger partial charge in [-0.05, 0) is 36.3 Å². The molecule has 14 heavy (non-hydrogen) atoms. The van der Waals surface area contributed by atoms with Gasteiger partial charge >= 0.3 is 0 Å². The molecule has 0 aromatic rings. The molecule has 1 saturated carbocycles. The highest BCUT2D eigenvalue weighted by atomic mass is 35.5. The molecule has 0 bridgehead atoms. The molecule has 0 aliphatic heterocycles. The molecule has 2 unspecified atom stereocenters. The smallest absolute Gasteiger partial charge is 0.227 e. The van der Waals surface area contributed by atoms with Gasteiger partial charge in [0.15, 0.2) is 0 Å². The lowest BCUT2D eigenvalue weighted by molar-refractivity contribution is -0.121. The van der Waals surface area contributed by atoms with Gasteiger partial charge in [0, 0.05) is 11.3 Å². The van der Waals surface area contributed by atoms with Gasteiger partial charge in [-0.15, -0.1) is 11.6 Å². The van der Waals surface area contributed by atoms with E-state index in [1.54, 1.807) is 0 Å². The van der Waals surface area contributed by atoms with Crippen LogP contribution in [0.3, 0.4) is 0 Å². The van der Waals surface area contributed by atoms with Gasteiger partial charge in [0.1, 0.15) is 0 Å². The zero-order chi connectivity index (χ0) is 10.8. The van der Waals surface area contributed by atoms with Gasteiger partial charge in [-0.2, -0.15) is 0 Å². The van der Waals surface area contributed by atoms with Crippen LogP contribution in [0.5, 0.6) is 0 Å². The van der Waals surface area contributed by atoms with Gasteiger partial charge in [0.05, 0.1) is 0 Å². The lowest BCUT2D eigenvalue weighted by Gasteiger charge is -2.33. The molecule has 1 fully saturated rings. The molecular weight excluding hydrogens is 219 g/mol. The fourth-order valence-corrected chi connectivity index (χ4v) is 2.86. The summed E-state index contributed by atoms with van der Waals surface area (Å²) in [6.07, 6.45) is 5.08. The van der Waals surface area contributed by atoms with Crippen LogP contribution >= 0.6 is 23.2 Å². The number of carbonyl (C=O) groups excluding carboxylic acids is 1. The second kappa shape index (κ2) is 4.40. The highest BCUT2D eigenvalue weighted by Crippen LogP contribution is 2.46. The van der Waals surface area contributed by atoms with Crippen molar-refractivity contribution in [2.45, 2.75) is 46.0 Å². The first-order chi connectivity index (χ1) is 6.42. The van der Waals surface area contributed by atoms with Crippen molar-refractivity contribution >= 4 is 28.4 Å². The van der Waals surface area contributed by atoms with Gasteiger partial charge in [-0.1, -0.05) is 26.7 Å². The molecule has 0 spiro atoms. The minimum absolute atomic E-state index is 0.0807. The number of hydrogen-bond acceptors (Lipinski definition) is 1. The van der Waals surface area contributed by atoms with E-state index in [0.717, 1.165) is 32.1 Å². The van der Waals surface area contributed by atoms with Gasteiger partial charge in [-0.25, -0.2) is 0 Å². The maximum atomic E-state index is 11.4. The minimum atomic E-state index is -0.359. The number of hydrogen-bond donors (Lipinski definition) is 0. The van der Waals surface area contributed by atoms with E-state index in [1.807, 2.05) is 6.92 Å². The van der Waals surface area contributed by atoms with E-state index in [4.69, 9.17) is 23.2 Å². The van der Waals surface area contributed by atoms with Crippen LogP contribution in [-0.2, 0) is 4.79 Å². The molecule has 0 radical (unpaired) electrons. The Kier molecular flexibility index (Phi) is 3.87. The van der Waals surface area contributed by atoms with Crippen LogP contribution in [0, 0.1) is 10.8 Å². The molecule has 1 nitrogen and oxygen atoms in total. The summed E-state index contributed by atoms with van der Waals surface area (Å²) >= 11 is 11.6. The van der Waals surface area contributed by atoms with Crippen LogP contribution in [0.15, 0.2) is 0 Å². The van der Waals surface area contributed by atoms with E-state index in [2.05, 4.69) is 6.92 Å². The van der Waals surface area contributed by atoms with Crippen molar-refractivity contribution in [1.29, 1.82) is 0 Å². The molecule has 1 rings (SSSR count). The molecule has 1 aliphatic carbocycles. The summed E-state index contributed by atoms with van der Waals surface area (Å²) in [7, 11) is 0. The number of rotatable bonds is 2. The van der Waals surface area contributed by atoms with Gasteiger partial charge in [-0.3, -0.25) is 4.79 Å². The Bertz CT molecular complexity index is 229. The van der Waals surface area contributed by atoms with Crippen LogP contribution < -0.4 is 0 Å². The number of alkyl halides is 1. The molecule has 2 atom stereocenters. The number of carbonyl (C=O) groups is 1. The predicted molar refractivity (Wildman–Crippen MR) is 60.9 cm³/mol. The Morgan fingerprint density at radius 3 is 2.36 bits per heavy atom. The van der Waals surface area contributed by atoms with E-state index in [9.17, 15) is 4.79 Å². The average molecular weight is 237 g/mol. The molecule has 3 heteroatoms. The molecule has 0 heterocycles. The van der Waals surface area contributed by atoms with Crippen LogP contribution in [0.2, 0.25) is 0 Å². The van der Waals surface area contributed by atoms with E-state index < -0.39 is 0 Å². The summed E-state index contributed by atoms with van der Waals surface area (Å²) in [5.74, 6) is 0.618. The van der Waals surface area contributed by atoms with Crippen molar-refractivity contribution in [3.8, 4) is 0 Å². The number of halogens is 2. The standard InChI is InChI=1S/C11H18Cl2O/c1-10(8-12)5-3-4-6-11(2,7-10)9(13)14/h3-8H2,1-2H3. The zero-order valence-corrected chi connectivity index (χ0v) is 10.4. The van der Waals surface area contributed by atoms with Crippen molar-refractivity contribution in [2.75, 3.05) is 5.88 Å². The van der Waals surface area contributed by atoms with E-state index >= 15 is 0 Å². The highest BCUT2D eigenvalue weighted by Gasteiger charge is 2.40. The maximum Gasteiger partial charge on any atom is 0.227 e. The molecular formula is C11H18Cl2O. The first kappa shape index (κ1) is 12.3. The Labute approximate surface area is 96.2 Å². The van der Waals surface area contributed by atoms with E-state index in [1.165, 1.54) is 0 Å². The third-order valence-corrected chi connectivity index (χ3v) is 4.47. The van der Waals surface area contributed by atoms with Crippen molar-refractivity contribution in [1.82, 2.24) is 0 Å². The highest BCUT2D eigenvalue weighted by molar-refractivity contribution is 6.64. The second-order valence-corrected chi connectivity index (χ2v) is 5.77. The molecule has 0 amide bonds. The average Bonchev–Trinajstić information content (AvgIpc) is 2.27. The van der Waals surface area contributed by atoms with Crippen molar-refractivity contribution in [3.05, 3.63) is 0 Å². The summed E-state index contributed by atoms with van der Waals surface area (Å²) < 4.78 is 0. The Morgan fingerprint density at radius 2 is 1.86 bits per heavy atom. The second-order valence-electron chi connectivity index (χ2n) is 5.16. The van der Waals surface area contributed by atoms with Gasteiger partial charge in [0.25, 0.3) is 0 Å². The van der Waals surface area contributed by atoms with Crippen LogP contribution in [0.25, 0.3) is 0 Å². The molecule has 0 aromatic carbocycles. The van der Waals surface area contributed by atoms with E-state index in [-0.39, 0.29) is 16.1 Å². The van der Waals surface area contributed by atoms with Gasteiger partial charge < -0.3 is 0 Å². The summed E-state index contributed by atoms with van der Waals surface area (Å²) in [6, 6.07) is 0. The largest absolute Gasteiger partial charge is 0.281 e. The molecule has 0 saturated heterocycles. The summed E-state index contributed by atoms with van der Waals surface area (Å²) in [4.78, 5) is 11.4. The van der Waals surface area contributed by atoms with Crippen molar-refractivity contribution in [3.63, 3.8) is 0 Å². The fraction of sp³-hybridized carbons (Fsp3) is 0.909. The SMILES string of the molecule is CC1(CCl)CCCCC(C)(C(=O)Cl)C1. The summed E-state index contributed by atoms with van der Waals surface area (Å²) in [6.45, 7) is 4.13. The Morgan fingerprint density at radius 1 is 1.29 bits per heavy atom. The van der Waals surface area contributed by atoms with Gasteiger partial charge in [0.2, 0.25) is 5.24 Å². The fourth-order valence-electron chi connectivity index (χ4n) is 2.47. The quantitative estimate of drug-likeness (QED) is 0.403. The normalized spacial score (nSPS) is 39.1. The summed E-state index contributed by atoms with van der Waals surface area (Å²) in [5.41, 5.74) is -0.279. The first-order valence-corrected chi connectivity index (χ1v) is 6.09. The van der Waals surface area contributed by atoms with Crippen LogP contribution in [0.1, 0.15) is 46.0 Å². The Hall–Kier alpha value is 0.250. The maximum absolute atomic E-state index is 11.4. The van der Waals surface area contributed by atoms with Crippen molar-refractivity contribution < 1.29 is 4.79 Å². The van der Waals surface area contributed by atoms with Crippen LogP contribution in [-0.4, -0.2) is 11.1 Å². The monoisotopic (exact) mass is 236 g/mol. The third-order valence-electron chi connectivity index (χ3n) is 3.37. The molecule has 1 aliphatic rings. The summed E-state index contributed by atoms with van der Waals surface area (Å²) in [5, 5.41) is -0.198.